The van der Waals surface area contributed by atoms with E-state index >= 15 is 0 Å². The highest BCUT2D eigenvalue weighted by molar-refractivity contribution is 5.41. The van der Waals surface area contributed by atoms with Crippen LogP contribution in [0.2, 0.25) is 0 Å². The van der Waals surface area contributed by atoms with Crippen LogP contribution >= 0.6 is 0 Å². The van der Waals surface area contributed by atoms with Crippen molar-refractivity contribution in [3.05, 3.63) is 53.7 Å². The van der Waals surface area contributed by atoms with Gasteiger partial charge in [-0.25, -0.2) is 4.98 Å². The van der Waals surface area contributed by atoms with Crippen LogP contribution in [0.4, 0.5) is 19.0 Å². The molecule has 1 aromatic heterocycles. The van der Waals surface area contributed by atoms with Gasteiger partial charge >= 0.3 is 6.18 Å². The molecule has 0 saturated heterocycles. The molecular formula is C17H16F3N3O2. The standard InChI is InChI=1S/C17H16F3N3O2/c1-23(16-7-2-12(8-21)9-22-16)10-14(24)11-25-15-5-3-13(4-6-15)17(18,19)20/h2-7,9,14,24H,10-11H2,1H3. The number of aromatic nitrogens is 1. The fourth-order valence-corrected chi connectivity index (χ4v) is 2.07. The van der Waals surface area contributed by atoms with Gasteiger partial charge < -0.3 is 14.7 Å². The minimum atomic E-state index is -4.39. The first kappa shape index (κ1) is 18.5. The molecule has 0 saturated carbocycles. The minimum Gasteiger partial charge on any atom is -0.491 e. The second-order valence-electron chi connectivity index (χ2n) is 5.38. The van der Waals surface area contributed by atoms with Crippen molar-refractivity contribution in [2.75, 3.05) is 25.1 Å². The Hall–Kier alpha value is -2.79. The number of pyridine rings is 1. The van der Waals surface area contributed by atoms with Gasteiger partial charge in [-0.2, -0.15) is 18.4 Å². The maximum Gasteiger partial charge on any atom is 0.416 e. The summed E-state index contributed by atoms with van der Waals surface area (Å²) in [6.07, 6.45) is -3.84. The maximum absolute atomic E-state index is 12.5. The number of nitriles is 1. The molecule has 5 nitrogen and oxygen atoms in total. The molecule has 8 heteroatoms. The molecule has 0 radical (unpaired) electrons. The number of nitrogens with zero attached hydrogens (tertiary/aromatic N) is 3. The van der Waals surface area contributed by atoms with Gasteiger partial charge in [-0.3, -0.25) is 0 Å². The molecule has 0 aliphatic rings. The average molecular weight is 351 g/mol. The molecule has 2 aromatic rings. The Labute approximate surface area is 142 Å². The molecule has 1 N–H and O–H groups in total. The highest BCUT2D eigenvalue weighted by atomic mass is 19.4. The van der Waals surface area contributed by atoms with Crippen molar-refractivity contribution in [2.45, 2.75) is 12.3 Å². The van der Waals surface area contributed by atoms with Crippen LogP contribution in [0.5, 0.6) is 5.75 Å². The van der Waals surface area contributed by atoms with Crippen molar-refractivity contribution < 1.29 is 23.0 Å². The summed E-state index contributed by atoms with van der Waals surface area (Å²) in [4.78, 5) is 5.78. The van der Waals surface area contributed by atoms with Crippen LogP contribution in [0, 0.1) is 11.3 Å². The number of likely N-dealkylation sites (N-methyl/N-ethyl adjacent to an activating group) is 1. The lowest BCUT2D eigenvalue weighted by Crippen LogP contribution is -2.33. The average Bonchev–Trinajstić information content (AvgIpc) is 2.59. The summed E-state index contributed by atoms with van der Waals surface area (Å²) in [5.74, 6) is 0.818. The molecule has 0 spiro atoms. The van der Waals surface area contributed by atoms with E-state index in [1.807, 2.05) is 6.07 Å². The van der Waals surface area contributed by atoms with Gasteiger partial charge in [0.05, 0.1) is 11.1 Å². The third kappa shape index (κ3) is 5.36. The molecule has 25 heavy (non-hydrogen) atoms. The molecule has 1 heterocycles. The van der Waals surface area contributed by atoms with Gasteiger partial charge in [-0.15, -0.1) is 0 Å². The second kappa shape index (κ2) is 7.85. The lowest BCUT2D eigenvalue weighted by atomic mass is 10.2. The minimum absolute atomic E-state index is 0.0774. The summed E-state index contributed by atoms with van der Waals surface area (Å²) in [6, 6.07) is 9.50. The normalized spacial score (nSPS) is 12.3. The maximum atomic E-state index is 12.5. The Morgan fingerprint density at radius 1 is 1.24 bits per heavy atom. The third-order valence-electron chi connectivity index (χ3n) is 3.38. The van der Waals surface area contributed by atoms with Crippen molar-refractivity contribution in [2.24, 2.45) is 0 Å². The molecule has 1 aromatic carbocycles. The zero-order valence-electron chi connectivity index (χ0n) is 13.4. The summed E-state index contributed by atoms with van der Waals surface area (Å²) in [7, 11) is 1.72. The highest BCUT2D eigenvalue weighted by Gasteiger charge is 2.30. The molecule has 0 amide bonds. The summed E-state index contributed by atoms with van der Waals surface area (Å²) in [6.45, 7) is 0.130. The first-order valence-electron chi connectivity index (χ1n) is 7.35. The van der Waals surface area contributed by atoms with E-state index in [0.717, 1.165) is 12.1 Å². The number of alkyl halides is 3. The van der Waals surface area contributed by atoms with Crippen LogP contribution < -0.4 is 9.64 Å². The number of ether oxygens (including phenoxy) is 1. The van der Waals surface area contributed by atoms with Crippen LogP contribution in [0.25, 0.3) is 0 Å². The van der Waals surface area contributed by atoms with Crippen LogP contribution in [-0.4, -0.2) is 36.4 Å². The predicted octanol–water partition coefficient (Wildman–Crippen LogP) is 2.85. The lowest BCUT2D eigenvalue weighted by Gasteiger charge is -2.22. The van der Waals surface area contributed by atoms with E-state index < -0.39 is 17.8 Å². The summed E-state index contributed by atoms with van der Waals surface area (Å²) >= 11 is 0. The van der Waals surface area contributed by atoms with Crippen LogP contribution in [0.3, 0.4) is 0 Å². The molecule has 2 rings (SSSR count). The van der Waals surface area contributed by atoms with Crippen LogP contribution in [0.1, 0.15) is 11.1 Å². The van der Waals surface area contributed by atoms with Gasteiger partial charge in [0.2, 0.25) is 0 Å². The van der Waals surface area contributed by atoms with E-state index in [9.17, 15) is 18.3 Å². The van der Waals surface area contributed by atoms with E-state index in [1.54, 1.807) is 24.1 Å². The fraction of sp³-hybridized carbons (Fsp3) is 0.294. The largest absolute Gasteiger partial charge is 0.491 e. The van der Waals surface area contributed by atoms with E-state index in [-0.39, 0.29) is 18.9 Å². The molecule has 0 aliphatic heterocycles. The number of hydrogen-bond acceptors (Lipinski definition) is 5. The van der Waals surface area contributed by atoms with Crippen molar-refractivity contribution in [1.82, 2.24) is 4.98 Å². The Morgan fingerprint density at radius 3 is 2.44 bits per heavy atom. The second-order valence-corrected chi connectivity index (χ2v) is 5.38. The molecule has 1 atom stereocenters. The summed E-state index contributed by atoms with van der Waals surface area (Å²) in [5, 5.41) is 18.7. The number of hydrogen-bond donors (Lipinski definition) is 1. The van der Waals surface area contributed by atoms with Crippen molar-refractivity contribution in [1.29, 1.82) is 5.26 Å². The first-order valence-corrected chi connectivity index (χ1v) is 7.35. The molecule has 1 unspecified atom stereocenters. The zero-order valence-corrected chi connectivity index (χ0v) is 13.4. The SMILES string of the molecule is CN(CC(O)COc1ccc(C(F)(F)F)cc1)c1ccc(C#N)cn1. The van der Waals surface area contributed by atoms with E-state index in [0.29, 0.717) is 11.4 Å². The van der Waals surface area contributed by atoms with E-state index in [2.05, 4.69) is 4.98 Å². The molecule has 0 aliphatic carbocycles. The van der Waals surface area contributed by atoms with Crippen molar-refractivity contribution >= 4 is 5.82 Å². The Balaban J connectivity index is 1.85. The molecule has 0 fully saturated rings. The van der Waals surface area contributed by atoms with Gasteiger partial charge in [-0.05, 0) is 36.4 Å². The smallest absolute Gasteiger partial charge is 0.416 e. The van der Waals surface area contributed by atoms with Gasteiger partial charge in [0.25, 0.3) is 0 Å². The molecule has 132 valence electrons. The number of aliphatic hydroxyl groups excluding tert-OH is 1. The van der Waals surface area contributed by atoms with Crippen molar-refractivity contribution in [3.8, 4) is 11.8 Å². The van der Waals surface area contributed by atoms with Gasteiger partial charge in [0.1, 0.15) is 30.3 Å². The number of aliphatic hydroxyl groups is 1. The van der Waals surface area contributed by atoms with Gasteiger partial charge in [0.15, 0.2) is 0 Å². The Bertz CT molecular complexity index is 725. The number of anilines is 1. The third-order valence-corrected chi connectivity index (χ3v) is 3.38. The van der Waals surface area contributed by atoms with E-state index in [4.69, 9.17) is 10.00 Å². The molecular weight excluding hydrogens is 335 g/mol. The summed E-state index contributed by atoms with van der Waals surface area (Å²) < 4.78 is 42.7. The van der Waals surface area contributed by atoms with Gasteiger partial charge in [-0.1, -0.05) is 0 Å². The molecule has 0 bridgehead atoms. The first-order chi connectivity index (χ1) is 11.8. The number of benzene rings is 1. The fourth-order valence-electron chi connectivity index (χ4n) is 2.07. The number of rotatable bonds is 6. The zero-order chi connectivity index (χ0) is 18.4. The lowest BCUT2D eigenvalue weighted by molar-refractivity contribution is -0.137. The van der Waals surface area contributed by atoms with E-state index in [1.165, 1.54) is 18.3 Å². The van der Waals surface area contributed by atoms with Crippen LogP contribution in [0.15, 0.2) is 42.6 Å². The highest BCUT2D eigenvalue weighted by Crippen LogP contribution is 2.30. The monoisotopic (exact) mass is 351 g/mol. The Kier molecular flexibility index (Phi) is 5.83. The van der Waals surface area contributed by atoms with Crippen LogP contribution in [-0.2, 0) is 6.18 Å². The number of halogens is 3. The Morgan fingerprint density at radius 2 is 1.92 bits per heavy atom. The summed E-state index contributed by atoms with van der Waals surface area (Å²) in [5.41, 5.74) is -0.324. The van der Waals surface area contributed by atoms with Crippen molar-refractivity contribution in [3.63, 3.8) is 0 Å². The quantitative estimate of drug-likeness (QED) is 0.867. The van der Waals surface area contributed by atoms with Gasteiger partial charge in [0, 0.05) is 19.8 Å². The predicted molar refractivity (Wildman–Crippen MR) is 85.2 cm³/mol. The topological polar surface area (TPSA) is 69.4 Å².